The quantitative estimate of drug-likeness (QED) is 0.638. The fourth-order valence-electron chi connectivity index (χ4n) is 3.34. The van der Waals surface area contributed by atoms with Gasteiger partial charge in [-0.1, -0.05) is 19.1 Å². The highest BCUT2D eigenvalue weighted by molar-refractivity contribution is 7.16. The summed E-state index contributed by atoms with van der Waals surface area (Å²) in [5, 5.41) is 3.25. The molecule has 0 aliphatic rings. The molecule has 2 amide bonds. The van der Waals surface area contributed by atoms with Crippen LogP contribution in [0.4, 0.5) is 5.00 Å². The highest BCUT2D eigenvalue weighted by Crippen LogP contribution is 2.32. The fraction of sp³-hybridized carbons (Fsp3) is 0.350. The van der Waals surface area contributed by atoms with E-state index in [2.05, 4.69) is 5.32 Å². The molecule has 0 unspecified atom stereocenters. The summed E-state index contributed by atoms with van der Waals surface area (Å²) < 4.78 is 3.37. The van der Waals surface area contributed by atoms with Gasteiger partial charge in [0.1, 0.15) is 5.00 Å². The van der Waals surface area contributed by atoms with E-state index in [1.807, 2.05) is 45.0 Å². The number of aromatic nitrogens is 2. The van der Waals surface area contributed by atoms with Crippen LogP contribution >= 0.6 is 11.3 Å². The van der Waals surface area contributed by atoms with E-state index < -0.39 is 5.91 Å². The summed E-state index contributed by atoms with van der Waals surface area (Å²) in [6.45, 7) is 6.60. The lowest BCUT2D eigenvalue weighted by Crippen LogP contribution is -2.26. The number of benzene rings is 1. The highest BCUT2D eigenvalue weighted by atomic mass is 32.1. The van der Waals surface area contributed by atoms with E-state index in [9.17, 15) is 14.4 Å². The smallest absolute Gasteiger partial charge is 0.329 e. The molecule has 2 aromatic heterocycles. The van der Waals surface area contributed by atoms with E-state index in [4.69, 9.17) is 5.73 Å². The Morgan fingerprint density at radius 3 is 2.29 bits per heavy atom. The lowest BCUT2D eigenvalue weighted by Gasteiger charge is -2.06. The Morgan fingerprint density at radius 1 is 1.11 bits per heavy atom. The summed E-state index contributed by atoms with van der Waals surface area (Å²) in [5.74, 6) is -0.820. The van der Waals surface area contributed by atoms with E-state index >= 15 is 0 Å². The van der Waals surface area contributed by atoms with Gasteiger partial charge in [-0.3, -0.25) is 18.7 Å². The Labute approximate surface area is 166 Å². The lowest BCUT2D eigenvalue weighted by atomic mass is 10.1. The van der Waals surface area contributed by atoms with Crippen molar-refractivity contribution in [3.63, 3.8) is 0 Å². The van der Waals surface area contributed by atoms with E-state index in [0.717, 1.165) is 27.9 Å². The summed E-state index contributed by atoms with van der Waals surface area (Å²) in [7, 11) is 0. The zero-order chi connectivity index (χ0) is 20.4. The third-order valence-corrected chi connectivity index (χ3v) is 5.94. The summed E-state index contributed by atoms with van der Waals surface area (Å²) in [6, 6.07) is 7.58. The minimum Gasteiger partial charge on any atom is -0.365 e. The Bertz CT molecular complexity index is 1110. The monoisotopic (exact) mass is 400 g/mol. The van der Waals surface area contributed by atoms with Crippen LogP contribution in [0.25, 0.3) is 11.0 Å². The maximum Gasteiger partial charge on any atom is 0.329 e. The molecule has 0 saturated heterocycles. The van der Waals surface area contributed by atoms with Crippen LogP contribution in [0.1, 0.15) is 40.6 Å². The van der Waals surface area contributed by atoms with Crippen molar-refractivity contribution in [1.82, 2.24) is 9.13 Å². The zero-order valence-corrected chi connectivity index (χ0v) is 17.1. The Kier molecular flexibility index (Phi) is 5.69. The maximum atomic E-state index is 12.8. The van der Waals surface area contributed by atoms with Crippen LogP contribution in [0.3, 0.4) is 0 Å². The van der Waals surface area contributed by atoms with Crippen LogP contribution in [-0.4, -0.2) is 20.9 Å². The number of fused-ring (bicyclic) bond motifs is 1. The standard InChI is InChI=1S/C20H24N4O3S/c1-4-10-23-14-7-5-6-8-15(14)24(20(23)27)11-9-16(25)22-19-17(18(21)26)12(2)13(3)28-19/h5-8H,4,9-11H2,1-3H3,(H2,21,26)(H,22,25). The summed E-state index contributed by atoms with van der Waals surface area (Å²) in [6.07, 6.45) is 0.968. The number of carbonyl (C=O) groups is 2. The van der Waals surface area contributed by atoms with Gasteiger partial charge in [-0.25, -0.2) is 4.79 Å². The first-order chi connectivity index (χ1) is 13.3. The predicted molar refractivity (Wildman–Crippen MR) is 112 cm³/mol. The number of rotatable bonds is 7. The molecular weight excluding hydrogens is 376 g/mol. The molecule has 0 fully saturated rings. The number of anilines is 1. The number of hydrogen-bond acceptors (Lipinski definition) is 4. The van der Waals surface area contributed by atoms with Crippen molar-refractivity contribution in [2.75, 3.05) is 5.32 Å². The van der Waals surface area contributed by atoms with Crippen LogP contribution in [0.15, 0.2) is 29.1 Å². The van der Waals surface area contributed by atoms with Crippen molar-refractivity contribution < 1.29 is 9.59 Å². The number of aryl methyl sites for hydroxylation is 3. The first-order valence-electron chi connectivity index (χ1n) is 9.22. The topological polar surface area (TPSA) is 99.1 Å². The number of nitrogens with zero attached hydrogens (tertiary/aromatic N) is 2. The number of carbonyl (C=O) groups excluding carboxylic acids is 2. The fourth-order valence-corrected chi connectivity index (χ4v) is 4.42. The number of nitrogens with one attached hydrogen (secondary N) is 1. The zero-order valence-electron chi connectivity index (χ0n) is 16.2. The number of imidazole rings is 1. The molecule has 0 radical (unpaired) electrons. The summed E-state index contributed by atoms with van der Waals surface area (Å²) in [4.78, 5) is 37.9. The van der Waals surface area contributed by atoms with Gasteiger partial charge < -0.3 is 11.1 Å². The van der Waals surface area contributed by atoms with Gasteiger partial charge in [0.25, 0.3) is 5.91 Å². The molecule has 1 aromatic carbocycles. The van der Waals surface area contributed by atoms with E-state index in [1.54, 1.807) is 9.13 Å². The number of hydrogen-bond donors (Lipinski definition) is 2. The second-order valence-corrected chi connectivity index (χ2v) is 7.95. The van der Waals surface area contributed by atoms with Crippen molar-refractivity contribution in [2.24, 2.45) is 5.73 Å². The number of para-hydroxylation sites is 2. The minimum absolute atomic E-state index is 0.114. The Morgan fingerprint density at radius 2 is 1.71 bits per heavy atom. The van der Waals surface area contributed by atoms with Gasteiger partial charge in [0.15, 0.2) is 0 Å². The molecule has 0 atom stereocenters. The largest absolute Gasteiger partial charge is 0.365 e. The molecule has 28 heavy (non-hydrogen) atoms. The lowest BCUT2D eigenvalue weighted by molar-refractivity contribution is -0.116. The number of amides is 2. The average Bonchev–Trinajstić information content (AvgIpc) is 3.07. The molecule has 3 N–H and O–H groups in total. The summed E-state index contributed by atoms with van der Waals surface area (Å²) >= 11 is 1.33. The van der Waals surface area contributed by atoms with Crippen LogP contribution in [0, 0.1) is 13.8 Å². The van der Waals surface area contributed by atoms with E-state index in [1.165, 1.54) is 11.3 Å². The third-order valence-electron chi connectivity index (χ3n) is 4.82. The number of primary amides is 1. The van der Waals surface area contributed by atoms with Gasteiger partial charge in [0, 0.05) is 24.4 Å². The molecule has 3 rings (SSSR count). The van der Waals surface area contributed by atoms with Gasteiger partial charge in [-0.15, -0.1) is 11.3 Å². The van der Waals surface area contributed by atoms with Crippen LogP contribution in [0.2, 0.25) is 0 Å². The highest BCUT2D eigenvalue weighted by Gasteiger charge is 2.19. The molecule has 148 valence electrons. The van der Waals surface area contributed by atoms with Gasteiger partial charge in [-0.2, -0.15) is 0 Å². The molecule has 0 spiro atoms. The maximum absolute atomic E-state index is 12.8. The summed E-state index contributed by atoms with van der Waals surface area (Å²) in [5.41, 5.74) is 8.16. The van der Waals surface area contributed by atoms with Crippen molar-refractivity contribution in [3.8, 4) is 0 Å². The molecule has 0 aliphatic carbocycles. The first kappa shape index (κ1) is 19.9. The second-order valence-electron chi connectivity index (χ2n) is 6.72. The molecule has 7 nitrogen and oxygen atoms in total. The molecule has 8 heteroatoms. The van der Waals surface area contributed by atoms with Gasteiger partial charge >= 0.3 is 5.69 Å². The van der Waals surface area contributed by atoms with E-state index in [0.29, 0.717) is 17.1 Å². The molecule has 2 heterocycles. The van der Waals surface area contributed by atoms with Crippen LogP contribution in [0.5, 0.6) is 0 Å². The third kappa shape index (κ3) is 3.60. The molecule has 0 bridgehead atoms. The van der Waals surface area contributed by atoms with Gasteiger partial charge in [0.05, 0.1) is 16.6 Å². The van der Waals surface area contributed by atoms with Gasteiger partial charge in [0.2, 0.25) is 5.91 Å². The average molecular weight is 401 g/mol. The van der Waals surface area contributed by atoms with Crippen molar-refractivity contribution >= 4 is 39.2 Å². The molecule has 3 aromatic rings. The Balaban J connectivity index is 1.81. The van der Waals surface area contributed by atoms with Crippen LogP contribution in [-0.2, 0) is 17.9 Å². The van der Waals surface area contributed by atoms with Crippen molar-refractivity contribution in [3.05, 3.63) is 50.8 Å². The SMILES string of the molecule is CCCn1c(=O)n(CCC(=O)Nc2sc(C)c(C)c2C(N)=O)c2ccccc21. The Hall–Kier alpha value is -2.87. The first-order valence-corrected chi connectivity index (χ1v) is 10.0. The second kappa shape index (κ2) is 8.02. The normalized spacial score (nSPS) is 11.1. The number of nitrogens with two attached hydrogens (primary N) is 1. The number of thiophene rings is 1. The van der Waals surface area contributed by atoms with Crippen LogP contribution < -0.4 is 16.7 Å². The molecular formula is C20H24N4O3S. The van der Waals surface area contributed by atoms with Gasteiger partial charge in [-0.05, 0) is 38.0 Å². The van der Waals surface area contributed by atoms with Crippen molar-refractivity contribution in [1.29, 1.82) is 0 Å². The molecule has 0 aliphatic heterocycles. The van der Waals surface area contributed by atoms with Crippen molar-refractivity contribution in [2.45, 2.75) is 46.7 Å². The minimum atomic E-state index is -0.559. The molecule has 0 saturated carbocycles. The predicted octanol–water partition coefficient (Wildman–Crippen LogP) is 3.02. The van der Waals surface area contributed by atoms with E-state index in [-0.39, 0.29) is 24.6 Å².